The number of ether oxygens (including phenoxy) is 1. The molecule has 0 bridgehead atoms. The van der Waals surface area contributed by atoms with E-state index in [0.29, 0.717) is 6.61 Å². The standard InChI is InChI=1S/C12H19NO2.ClH/c1-2-15-11-7-5-10(6-8-11)12(13)4-3-9-14;/h5-8,12,14H,2-4,9,13H2,1H3;1H/t12-;/m0./s1. The van der Waals surface area contributed by atoms with Gasteiger partial charge in [0.25, 0.3) is 0 Å². The van der Waals surface area contributed by atoms with Crippen molar-refractivity contribution < 1.29 is 9.84 Å². The first kappa shape index (κ1) is 15.2. The van der Waals surface area contributed by atoms with Crippen LogP contribution >= 0.6 is 12.4 Å². The molecule has 0 heterocycles. The van der Waals surface area contributed by atoms with Crippen molar-refractivity contribution in [1.82, 2.24) is 0 Å². The highest BCUT2D eigenvalue weighted by Crippen LogP contribution is 2.19. The molecule has 92 valence electrons. The summed E-state index contributed by atoms with van der Waals surface area (Å²) in [6, 6.07) is 7.82. The Balaban J connectivity index is 0.00000225. The molecule has 0 radical (unpaired) electrons. The molecular formula is C12H20ClNO2. The molecule has 0 spiro atoms. The molecule has 0 saturated heterocycles. The first-order valence-corrected chi connectivity index (χ1v) is 5.37. The highest BCUT2D eigenvalue weighted by molar-refractivity contribution is 5.85. The van der Waals surface area contributed by atoms with Gasteiger partial charge in [-0.3, -0.25) is 0 Å². The van der Waals surface area contributed by atoms with Gasteiger partial charge in [0.05, 0.1) is 6.61 Å². The molecule has 0 saturated carbocycles. The van der Waals surface area contributed by atoms with Gasteiger partial charge in [0.15, 0.2) is 0 Å². The molecule has 0 amide bonds. The third-order valence-corrected chi connectivity index (χ3v) is 2.29. The summed E-state index contributed by atoms with van der Waals surface area (Å²) in [4.78, 5) is 0. The maximum absolute atomic E-state index is 8.70. The lowest BCUT2D eigenvalue weighted by molar-refractivity contribution is 0.280. The van der Waals surface area contributed by atoms with Gasteiger partial charge in [-0.1, -0.05) is 12.1 Å². The topological polar surface area (TPSA) is 55.5 Å². The van der Waals surface area contributed by atoms with E-state index < -0.39 is 0 Å². The van der Waals surface area contributed by atoms with Crippen LogP contribution in [0.4, 0.5) is 0 Å². The summed E-state index contributed by atoms with van der Waals surface area (Å²) in [5, 5.41) is 8.70. The molecule has 0 aliphatic heterocycles. The van der Waals surface area contributed by atoms with E-state index in [0.717, 1.165) is 24.2 Å². The number of aliphatic hydroxyl groups is 1. The maximum Gasteiger partial charge on any atom is 0.119 e. The molecule has 1 aromatic rings. The van der Waals surface area contributed by atoms with Crippen LogP contribution < -0.4 is 10.5 Å². The van der Waals surface area contributed by atoms with Crippen LogP contribution in [0, 0.1) is 0 Å². The number of rotatable bonds is 6. The molecule has 0 unspecified atom stereocenters. The van der Waals surface area contributed by atoms with E-state index in [1.165, 1.54) is 0 Å². The van der Waals surface area contributed by atoms with Crippen molar-refractivity contribution >= 4 is 12.4 Å². The van der Waals surface area contributed by atoms with Gasteiger partial charge in [-0.15, -0.1) is 12.4 Å². The second kappa shape index (κ2) is 8.39. The van der Waals surface area contributed by atoms with Gasteiger partial charge < -0.3 is 15.6 Å². The van der Waals surface area contributed by atoms with Crippen LogP contribution in [0.2, 0.25) is 0 Å². The quantitative estimate of drug-likeness (QED) is 0.809. The number of nitrogens with two attached hydrogens (primary N) is 1. The number of halogens is 1. The molecule has 1 atom stereocenters. The lowest BCUT2D eigenvalue weighted by Gasteiger charge is -2.11. The number of benzene rings is 1. The van der Waals surface area contributed by atoms with Gasteiger partial charge in [0.1, 0.15) is 5.75 Å². The molecule has 3 N–H and O–H groups in total. The summed E-state index contributed by atoms with van der Waals surface area (Å²) in [5.74, 6) is 0.871. The summed E-state index contributed by atoms with van der Waals surface area (Å²) in [5.41, 5.74) is 7.04. The van der Waals surface area contributed by atoms with E-state index >= 15 is 0 Å². The van der Waals surface area contributed by atoms with Crippen LogP contribution in [-0.2, 0) is 0 Å². The zero-order valence-corrected chi connectivity index (χ0v) is 10.4. The molecule has 0 aromatic heterocycles. The van der Waals surface area contributed by atoms with Gasteiger partial charge in [0.2, 0.25) is 0 Å². The van der Waals surface area contributed by atoms with Crippen LogP contribution in [0.15, 0.2) is 24.3 Å². The van der Waals surface area contributed by atoms with Crippen LogP contribution in [0.25, 0.3) is 0 Å². The molecule has 1 rings (SSSR count). The van der Waals surface area contributed by atoms with Crippen molar-refractivity contribution in [2.24, 2.45) is 5.73 Å². The SMILES string of the molecule is CCOc1ccc([C@@H](N)CCCO)cc1.Cl. The Morgan fingerprint density at radius 1 is 1.31 bits per heavy atom. The molecule has 4 heteroatoms. The highest BCUT2D eigenvalue weighted by atomic mass is 35.5. The summed E-state index contributed by atoms with van der Waals surface area (Å²) < 4.78 is 5.34. The summed E-state index contributed by atoms with van der Waals surface area (Å²) in [6.45, 7) is 2.83. The van der Waals surface area contributed by atoms with Crippen molar-refractivity contribution in [1.29, 1.82) is 0 Å². The zero-order valence-electron chi connectivity index (χ0n) is 9.56. The van der Waals surface area contributed by atoms with E-state index in [9.17, 15) is 0 Å². The van der Waals surface area contributed by atoms with Crippen molar-refractivity contribution in [2.75, 3.05) is 13.2 Å². The molecule has 0 fully saturated rings. The smallest absolute Gasteiger partial charge is 0.119 e. The minimum absolute atomic E-state index is 0. The van der Waals surface area contributed by atoms with E-state index in [1.807, 2.05) is 31.2 Å². The number of hydrogen-bond donors (Lipinski definition) is 2. The molecular weight excluding hydrogens is 226 g/mol. The minimum atomic E-state index is 0. The molecule has 0 aliphatic carbocycles. The van der Waals surface area contributed by atoms with E-state index in [1.54, 1.807) is 0 Å². The second-order valence-corrected chi connectivity index (χ2v) is 3.47. The zero-order chi connectivity index (χ0) is 11.1. The Labute approximate surface area is 103 Å². The van der Waals surface area contributed by atoms with Crippen molar-refractivity contribution in [3.63, 3.8) is 0 Å². The highest BCUT2D eigenvalue weighted by Gasteiger charge is 2.05. The molecule has 16 heavy (non-hydrogen) atoms. The summed E-state index contributed by atoms with van der Waals surface area (Å²) in [7, 11) is 0. The predicted octanol–water partition coefficient (Wildman–Crippen LogP) is 2.28. The van der Waals surface area contributed by atoms with Crippen LogP contribution in [-0.4, -0.2) is 18.3 Å². The summed E-state index contributed by atoms with van der Waals surface area (Å²) >= 11 is 0. The Kier molecular flexibility index (Phi) is 7.99. The van der Waals surface area contributed by atoms with Crippen LogP contribution in [0.5, 0.6) is 5.75 Å². The van der Waals surface area contributed by atoms with Gasteiger partial charge in [-0.05, 0) is 37.5 Å². The average molecular weight is 246 g/mol. The number of aliphatic hydroxyl groups excluding tert-OH is 1. The minimum Gasteiger partial charge on any atom is -0.494 e. The van der Waals surface area contributed by atoms with Gasteiger partial charge in [0, 0.05) is 12.6 Å². The van der Waals surface area contributed by atoms with E-state index in [-0.39, 0.29) is 25.1 Å². The monoisotopic (exact) mass is 245 g/mol. The Hall–Kier alpha value is -0.770. The second-order valence-electron chi connectivity index (χ2n) is 3.47. The first-order chi connectivity index (χ1) is 7.27. The Bertz CT molecular complexity index is 277. The molecule has 0 aliphatic rings. The molecule has 1 aromatic carbocycles. The first-order valence-electron chi connectivity index (χ1n) is 5.37. The normalized spacial score (nSPS) is 11.7. The Morgan fingerprint density at radius 3 is 2.44 bits per heavy atom. The van der Waals surface area contributed by atoms with Crippen LogP contribution in [0.1, 0.15) is 31.4 Å². The van der Waals surface area contributed by atoms with Gasteiger partial charge in [-0.25, -0.2) is 0 Å². The van der Waals surface area contributed by atoms with Gasteiger partial charge in [-0.2, -0.15) is 0 Å². The summed E-state index contributed by atoms with van der Waals surface area (Å²) in [6.07, 6.45) is 1.55. The van der Waals surface area contributed by atoms with E-state index in [4.69, 9.17) is 15.6 Å². The largest absolute Gasteiger partial charge is 0.494 e. The fraction of sp³-hybridized carbons (Fsp3) is 0.500. The average Bonchev–Trinajstić information content (AvgIpc) is 2.27. The fourth-order valence-corrected chi connectivity index (χ4v) is 1.46. The fourth-order valence-electron chi connectivity index (χ4n) is 1.46. The van der Waals surface area contributed by atoms with Crippen molar-refractivity contribution in [3.8, 4) is 5.75 Å². The third-order valence-electron chi connectivity index (χ3n) is 2.29. The third kappa shape index (κ3) is 4.84. The lowest BCUT2D eigenvalue weighted by atomic mass is 10.0. The molecule has 3 nitrogen and oxygen atoms in total. The van der Waals surface area contributed by atoms with Crippen molar-refractivity contribution in [2.45, 2.75) is 25.8 Å². The lowest BCUT2D eigenvalue weighted by Crippen LogP contribution is -2.10. The predicted molar refractivity (Wildman–Crippen MR) is 68.1 cm³/mol. The van der Waals surface area contributed by atoms with E-state index in [2.05, 4.69) is 0 Å². The van der Waals surface area contributed by atoms with Crippen LogP contribution in [0.3, 0.4) is 0 Å². The van der Waals surface area contributed by atoms with Gasteiger partial charge >= 0.3 is 0 Å². The maximum atomic E-state index is 8.70. The Morgan fingerprint density at radius 2 is 1.94 bits per heavy atom. The van der Waals surface area contributed by atoms with Crippen molar-refractivity contribution in [3.05, 3.63) is 29.8 Å². The number of hydrogen-bond acceptors (Lipinski definition) is 3.